The minimum absolute atomic E-state index is 0.110. The maximum absolute atomic E-state index is 6.20. The number of nitrogens with zero attached hydrogens (tertiary/aromatic N) is 1. The summed E-state index contributed by atoms with van der Waals surface area (Å²) in [6.07, 6.45) is 2.61. The minimum atomic E-state index is 0.110. The highest BCUT2D eigenvalue weighted by Crippen LogP contribution is 2.42. The van der Waals surface area contributed by atoms with E-state index in [1.54, 1.807) is 0 Å². The first-order valence-corrected chi connectivity index (χ1v) is 6.60. The molecule has 0 bridgehead atoms. The van der Waals surface area contributed by atoms with Crippen molar-refractivity contribution in [2.45, 2.75) is 31.8 Å². The van der Waals surface area contributed by atoms with Gasteiger partial charge < -0.3 is 5.73 Å². The van der Waals surface area contributed by atoms with Crippen LogP contribution in [-0.4, -0.2) is 24.0 Å². The van der Waals surface area contributed by atoms with Gasteiger partial charge in [0.1, 0.15) is 0 Å². The second kappa shape index (κ2) is 4.97. The predicted molar refractivity (Wildman–Crippen MR) is 73.1 cm³/mol. The monoisotopic (exact) mass is 252 g/mol. The maximum atomic E-state index is 6.20. The molecule has 1 fully saturated rings. The van der Waals surface area contributed by atoms with Gasteiger partial charge in [-0.05, 0) is 44.4 Å². The Balaban J connectivity index is 2.10. The Kier molecular flexibility index (Phi) is 3.76. The van der Waals surface area contributed by atoms with Crippen LogP contribution >= 0.6 is 11.6 Å². The van der Waals surface area contributed by atoms with Crippen LogP contribution in [-0.2, 0) is 6.54 Å². The van der Waals surface area contributed by atoms with E-state index in [2.05, 4.69) is 24.9 Å². The van der Waals surface area contributed by atoms with Gasteiger partial charge in [-0.15, -0.1) is 0 Å². The fraction of sp³-hybridized carbons (Fsp3) is 0.571. The van der Waals surface area contributed by atoms with E-state index in [4.69, 9.17) is 17.3 Å². The van der Waals surface area contributed by atoms with E-state index >= 15 is 0 Å². The lowest BCUT2D eigenvalue weighted by Crippen LogP contribution is -2.51. The lowest BCUT2D eigenvalue weighted by Gasteiger charge is -2.38. The summed E-state index contributed by atoms with van der Waals surface area (Å²) in [6.45, 7) is 3.84. The molecule has 0 aromatic heterocycles. The molecule has 0 amide bonds. The zero-order valence-electron chi connectivity index (χ0n) is 10.6. The van der Waals surface area contributed by atoms with E-state index in [0.29, 0.717) is 6.54 Å². The van der Waals surface area contributed by atoms with E-state index in [9.17, 15) is 0 Å². The number of hydrogen-bond donors (Lipinski definition) is 1. The zero-order chi connectivity index (χ0) is 12.5. The smallest absolute Gasteiger partial charge is 0.0451 e. The van der Waals surface area contributed by atoms with Crippen LogP contribution < -0.4 is 5.73 Å². The lowest BCUT2D eigenvalue weighted by atomic mass is 9.93. The van der Waals surface area contributed by atoms with Gasteiger partial charge in [0.2, 0.25) is 0 Å². The molecule has 94 valence electrons. The Morgan fingerprint density at radius 2 is 2.06 bits per heavy atom. The summed E-state index contributed by atoms with van der Waals surface area (Å²) in [5.41, 5.74) is 7.25. The summed E-state index contributed by atoms with van der Waals surface area (Å²) in [4.78, 5) is 2.35. The summed E-state index contributed by atoms with van der Waals surface area (Å²) in [5.74, 6) is 0.750. The van der Waals surface area contributed by atoms with E-state index in [1.165, 1.54) is 18.4 Å². The highest BCUT2D eigenvalue weighted by Gasteiger charge is 2.43. The molecule has 1 aromatic carbocycles. The van der Waals surface area contributed by atoms with Crippen molar-refractivity contribution in [3.8, 4) is 0 Å². The summed E-state index contributed by atoms with van der Waals surface area (Å²) in [6, 6.07) is 8.03. The molecule has 0 heterocycles. The third-order valence-electron chi connectivity index (χ3n) is 4.11. The number of halogens is 1. The molecule has 3 heteroatoms. The third-order valence-corrected chi connectivity index (χ3v) is 4.48. The summed E-state index contributed by atoms with van der Waals surface area (Å²) in [7, 11) is 2.15. The van der Waals surface area contributed by atoms with Gasteiger partial charge in [-0.25, -0.2) is 0 Å². The standard InChI is InChI=1S/C14H21ClN2/c1-14(10-16,12-7-8-12)17(2)9-11-5-3-4-6-13(11)15/h3-6,12H,7-10,16H2,1-2H3. The molecule has 17 heavy (non-hydrogen) atoms. The molecular weight excluding hydrogens is 232 g/mol. The van der Waals surface area contributed by atoms with Crippen LogP contribution in [0.3, 0.4) is 0 Å². The molecule has 0 spiro atoms. The second-order valence-corrected chi connectivity index (χ2v) is 5.69. The van der Waals surface area contributed by atoms with Crippen molar-refractivity contribution in [1.82, 2.24) is 4.90 Å². The van der Waals surface area contributed by atoms with Crippen LogP contribution in [0.4, 0.5) is 0 Å². The number of rotatable bonds is 5. The molecule has 1 unspecified atom stereocenters. The Bertz CT molecular complexity index is 390. The maximum Gasteiger partial charge on any atom is 0.0451 e. The summed E-state index contributed by atoms with van der Waals surface area (Å²) >= 11 is 6.20. The van der Waals surface area contributed by atoms with E-state index < -0.39 is 0 Å². The molecule has 2 nitrogen and oxygen atoms in total. The predicted octanol–water partition coefficient (Wildman–Crippen LogP) is 2.90. The molecule has 0 aliphatic heterocycles. The molecule has 2 N–H and O–H groups in total. The second-order valence-electron chi connectivity index (χ2n) is 5.28. The van der Waals surface area contributed by atoms with Gasteiger partial charge in [0.25, 0.3) is 0 Å². The number of nitrogens with two attached hydrogens (primary N) is 1. The average Bonchev–Trinajstić information content (AvgIpc) is 3.15. The molecular formula is C14H21ClN2. The lowest BCUT2D eigenvalue weighted by molar-refractivity contribution is 0.113. The van der Waals surface area contributed by atoms with Crippen molar-refractivity contribution < 1.29 is 0 Å². The van der Waals surface area contributed by atoms with E-state index in [0.717, 1.165) is 17.5 Å². The molecule has 1 aromatic rings. The summed E-state index contributed by atoms with van der Waals surface area (Å²) < 4.78 is 0. The zero-order valence-corrected chi connectivity index (χ0v) is 11.4. The van der Waals surface area contributed by atoms with Crippen LogP contribution in [0.2, 0.25) is 5.02 Å². The third kappa shape index (κ3) is 2.65. The van der Waals surface area contributed by atoms with Crippen LogP contribution in [0, 0.1) is 5.92 Å². The first-order valence-electron chi connectivity index (χ1n) is 6.22. The fourth-order valence-corrected chi connectivity index (χ4v) is 2.60. The topological polar surface area (TPSA) is 29.3 Å². The molecule has 0 radical (unpaired) electrons. The van der Waals surface area contributed by atoms with Crippen molar-refractivity contribution in [2.75, 3.05) is 13.6 Å². The summed E-state index contributed by atoms with van der Waals surface area (Å²) in [5, 5.41) is 0.842. The molecule has 1 saturated carbocycles. The largest absolute Gasteiger partial charge is 0.329 e. The molecule has 1 atom stereocenters. The number of hydrogen-bond acceptors (Lipinski definition) is 2. The van der Waals surface area contributed by atoms with E-state index in [1.807, 2.05) is 18.2 Å². The van der Waals surface area contributed by atoms with Crippen molar-refractivity contribution in [1.29, 1.82) is 0 Å². The Labute approximate surface area is 109 Å². The van der Waals surface area contributed by atoms with Gasteiger partial charge in [-0.3, -0.25) is 4.90 Å². The first kappa shape index (κ1) is 12.9. The van der Waals surface area contributed by atoms with Gasteiger partial charge in [0, 0.05) is 23.7 Å². The van der Waals surface area contributed by atoms with Crippen LogP contribution in [0.1, 0.15) is 25.3 Å². The van der Waals surface area contributed by atoms with Gasteiger partial charge in [0.15, 0.2) is 0 Å². The Morgan fingerprint density at radius 1 is 1.41 bits per heavy atom. The fourth-order valence-electron chi connectivity index (χ4n) is 2.40. The van der Waals surface area contributed by atoms with Crippen LogP contribution in [0.25, 0.3) is 0 Å². The number of benzene rings is 1. The van der Waals surface area contributed by atoms with Gasteiger partial charge in [0.05, 0.1) is 0 Å². The Morgan fingerprint density at radius 3 is 2.59 bits per heavy atom. The molecule has 1 aliphatic rings. The number of likely N-dealkylation sites (N-methyl/N-ethyl adjacent to an activating group) is 1. The molecule has 1 aliphatic carbocycles. The van der Waals surface area contributed by atoms with Crippen LogP contribution in [0.15, 0.2) is 24.3 Å². The quantitative estimate of drug-likeness (QED) is 0.873. The minimum Gasteiger partial charge on any atom is -0.329 e. The van der Waals surface area contributed by atoms with E-state index in [-0.39, 0.29) is 5.54 Å². The van der Waals surface area contributed by atoms with Crippen LogP contribution in [0.5, 0.6) is 0 Å². The molecule has 2 rings (SSSR count). The SMILES string of the molecule is CN(Cc1ccccc1Cl)C(C)(CN)C1CC1. The van der Waals surface area contributed by atoms with Gasteiger partial charge in [-0.2, -0.15) is 0 Å². The molecule has 0 saturated heterocycles. The van der Waals surface area contributed by atoms with Crippen molar-refractivity contribution in [3.63, 3.8) is 0 Å². The van der Waals surface area contributed by atoms with Crippen molar-refractivity contribution >= 4 is 11.6 Å². The van der Waals surface area contributed by atoms with Crippen molar-refractivity contribution in [3.05, 3.63) is 34.9 Å². The first-order chi connectivity index (χ1) is 8.08. The van der Waals surface area contributed by atoms with Gasteiger partial charge >= 0.3 is 0 Å². The highest BCUT2D eigenvalue weighted by molar-refractivity contribution is 6.31. The normalized spacial score (nSPS) is 19.4. The van der Waals surface area contributed by atoms with Crippen molar-refractivity contribution in [2.24, 2.45) is 11.7 Å². The van der Waals surface area contributed by atoms with Gasteiger partial charge in [-0.1, -0.05) is 29.8 Å². The highest BCUT2D eigenvalue weighted by atomic mass is 35.5. The average molecular weight is 253 g/mol. The Hall–Kier alpha value is -0.570.